The fourth-order valence-electron chi connectivity index (χ4n) is 2.70. The van der Waals surface area contributed by atoms with Gasteiger partial charge in [-0.1, -0.05) is 6.07 Å². The standard InChI is InChI=1S/C18H28N4O4.HI/c1-24-16-5-4-14(12-15(16)17(23)25-2)13-21-18(19)20-6-3-7-22-8-10-26-11-9-22;/h4-5,12H,3,6-11,13H2,1-2H3,(H3,19,20,21);1H. The number of hydrogen-bond donors (Lipinski definition) is 2. The molecule has 0 saturated carbocycles. The Kier molecular flexibility index (Phi) is 11.1. The van der Waals surface area contributed by atoms with Gasteiger partial charge in [0.15, 0.2) is 5.96 Å². The van der Waals surface area contributed by atoms with Gasteiger partial charge < -0.3 is 25.3 Å². The van der Waals surface area contributed by atoms with Gasteiger partial charge in [-0.05, 0) is 30.7 Å². The lowest BCUT2D eigenvalue weighted by Crippen LogP contribution is -2.39. The van der Waals surface area contributed by atoms with Gasteiger partial charge in [-0.15, -0.1) is 24.0 Å². The van der Waals surface area contributed by atoms with Gasteiger partial charge in [0.05, 0.1) is 34.0 Å². The number of ether oxygens (including phenoxy) is 3. The zero-order valence-electron chi connectivity index (χ0n) is 15.9. The number of nitrogens with one attached hydrogen (secondary N) is 1. The molecule has 0 aliphatic carbocycles. The van der Waals surface area contributed by atoms with Crippen LogP contribution in [0.4, 0.5) is 0 Å². The molecule has 1 heterocycles. The number of methoxy groups -OCH3 is 2. The summed E-state index contributed by atoms with van der Waals surface area (Å²) in [5.41, 5.74) is 7.14. The van der Waals surface area contributed by atoms with Crippen molar-refractivity contribution in [1.82, 2.24) is 10.2 Å². The van der Waals surface area contributed by atoms with Crippen molar-refractivity contribution < 1.29 is 19.0 Å². The van der Waals surface area contributed by atoms with Gasteiger partial charge in [0.2, 0.25) is 0 Å². The van der Waals surface area contributed by atoms with Crippen molar-refractivity contribution in [3.8, 4) is 5.75 Å². The maximum atomic E-state index is 11.8. The van der Waals surface area contributed by atoms with Gasteiger partial charge in [-0.3, -0.25) is 4.90 Å². The lowest BCUT2D eigenvalue weighted by molar-refractivity contribution is 0.0376. The number of guanidine groups is 1. The van der Waals surface area contributed by atoms with Crippen molar-refractivity contribution >= 4 is 35.9 Å². The number of nitrogens with zero attached hydrogens (tertiary/aromatic N) is 2. The van der Waals surface area contributed by atoms with E-state index in [0.717, 1.165) is 51.4 Å². The Labute approximate surface area is 177 Å². The van der Waals surface area contributed by atoms with Crippen LogP contribution >= 0.6 is 24.0 Å². The first-order chi connectivity index (χ1) is 12.6. The van der Waals surface area contributed by atoms with E-state index < -0.39 is 5.97 Å². The molecular formula is C18H29IN4O4. The molecule has 9 heteroatoms. The number of carbonyl (C=O) groups is 1. The molecule has 1 aromatic rings. The van der Waals surface area contributed by atoms with E-state index in [1.54, 1.807) is 12.1 Å². The van der Waals surface area contributed by atoms with E-state index in [1.807, 2.05) is 6.07 Å². The minimum atomic E-state index is -0.443. The lowest BCUT2D eigenvalue weighted by atomic mass is 10.1. The van der Waals surface area contributed by atoms with E-state index in [-0.39, 0.29) is 24.0 Å². The highest BCUT2D eigenvalue weighted by Crippen LogP contribution is 2.21. The molecule has 0 atom stereocenters. The molecule has 1 aliphatic heterocycles. The van der Waals surface area contributed by atoms with Gasteiger partial charge in [0, 0.05) is 19.6 Å². The normalized spacial score (nSPS) is 15.0. The SMILES string of the molecule is COC(=O)c1cc(CN=C(N)NCCCN2CCOCC2)ccc1OC.I. The number of carbonyl (C=O) groups excluding carboxylic acids is 1. The number of benzene rings is 1. The molecule has 1 aromatic carbocycles. The van der Waals surface area contributed by atoms with Crippen LogP contribution < -0.4 is 15.8 Å². The van der Waals surface area contributed by atoms with Gasteiger partial charge in [0.1, 0.15) is 11.3 Å². The maximum Gasteiger partial charge on any atom is 0.341 e. The Bertz CT molecular complexity index is 621. The molecule has 3 N–H and O–H groups in total. The van der Waals surface area contributed by atoms with Crippen molar-refractivity contribution in [2.24, 2.45) is 10.7 Å². The third kappa shape index (κ3) is 7.89. The molecular weight excluding hydrogens is 463 g/mol. The summed E-state index contributed by atoms with van der Waals surface area (Å²) in [4.78, 5) is 18.5. The minimum absolute atomic E-state index is 0. The van der Waals surface area contributed by atoms with Crippen LogP contribution in [0.1, 0.15) is 22.3 Å². The number of hydrogen-bond acceptors (Lipinski definition) is 6. The average Bonchev–Trinajstić information content (AvgIpc) is 2.69. The summed E-state index contributed by atoms with van der Waals surface area (Å²) in [5.74, 6) is 0.420. The Morgan fingerprint density at radius 1 is 1.33 bits per heavy atom. The topological polar surface area (TPSA) is 98.4 Å². The van der Waals surface area contributed by atoms with E-state index in [1.165, 1.54) is 14.2 Å². The van der Waals surface area contributed by atoms with Gasteiger partial charge >= 0.3 is 5.97 Å². The largest absolute Gasteiger partial charge is 0.496 e. The second-order valence-electron chi connectivity index (χ2n) is 5.96. The summed E-state index contributed by atoms with van der Waals surface area (Å²) in [6.45, 7) is 5.76. The summed E-state index contributed by atoms with van der Waals surface area (Å²) < 4.78 is 15.3. The third-order valence-corrected chi connectivity index (χ3v) is 4.16. The average molecular weight is 492 g/mol. The molecule has 152 valence electrons. The van der Waals surface area contributed by atoms with Crippen molar-refractivity contribution in [3.63, 3.8) is 0 Å². The molecule has 8 nitrogen and oxygen atoms in total. The van der Waals surface area contributed by atoms with Crippen LogP contribution in [0.25, 0.3) is 0 Å². The summed E-state index contributed by atoms with van der Waals surface area (Å²) in [7, 11) is 2.85. The predicted molar refractivity (Wildman–Crippen MR) is 115 cm³/mol. The minimum Gasteiger partial charge on any atom is -0.496 e. The van der Waals surface area contributed by atoms with Crippen molar-refractivity contribution in [3.05, 3.63) is 29.3 Å². The van der Waals surface area contributed by atoms with Crippen LogP contribution in [0.15, 0.2) is 23.2 Å². The van der Waals surface area contributed by atoms with Gasteiger partial charge in [-0.25, -0.2) is 9.79 Å². The lowest BCUT2D eigenvalue weighted by Gasteiger charge is -2.26. The highest BCUT2D eigenvalue weighted by molar-refractivity contribution is 14.0. The number of esters is 1. The molecule has 1 saturated heterocycles. The summed E-state index contributed by atoms with van der Waals surface area (Å²) in [5, 5.41) is 3.12. The fourth-order valence-corrected chi connectivity index (χ4v) is 2.70. The van der Waals surface area contributed by atoms with Crippen LogP contribution in [0.3, 0.4) is 0 Å². The Hall–Kier alpha value is -1.59. The van der Waals surface area contributed by atoms with Gasteiger partial charge in [-0.2, -0.15) is 0 Å². The molecule has 0 unspecified atom stereocenters. The molecule has 0 radical (unpaired) electrons. The van der Waals surface area contributed by atoms with Gasteiger partial charge in [0.25, 0.3) is 0 Å². The first-order valence-corrected chi connectivity index (χ1v) is 8.73. The highest BCUT2D eigenvalue weighted by Gasteiger charge is 2.13. The molecule has 27 heavy (non-hydrogen) atoms. The van der Waals surface area contributed by atoms with Crippen LogP contribution in [-0.2, 0) is 16.0 Å². The molecule has 1 fully saturated rings. The number of aliphatic imine (C=N–C) groups is 1. The second-order valence-corrected chi connectivity index (χ2v) is 5.96. The van der Waals surface area contributed by atoms with E-state index in [9.17, 15) is 4.79 Å². The number of rotatable bonds is 8. The fraction of sp³-hybridized carbons (Fsp3) is 0.556. The molecule has 0 bridgehead atoms. The van der Waals surface area contributed by atoms with Crippen molar-refractivity contribution in [1.29, 1.82) is 0 Å². The van der Waals surface area contributed by atoms with Crippen LogP contribution in [0.5, 0.6) is 5.75 Å². The summed E-state index contributed by atoms with van der Waals surface area (Å²) in [6, 6.07) is 5.28. The molecule has 0 spiro atoms. The summed E-state index contributed by atoms with van der Waals surface area (Å²) >= 11 is 0. The second kappa shape index (κ2) is 12.7. The summed E-state index contributed by atoms with van der Waals surface area (Å²) in [6.07, 6.45) is 0.991. The molecule has 1 aliphatic rings. The zero-order chi connectivity index (χ0) is 18.8. The van der Waals surface area contributed by atoms with Crippen LogP contribution in [-0.4, -0.2) is 70.4 Å². The van der Waals surface area contributed by atoms with E-state index in [2.05, 4.69) is 15.2 Å². The van der Waals surface area contributed by atoms with E-state index in [0.29, 0.717) is 23.8 Å². The first kappa shape index (κ1) is 23.4. The highest BCUT2D eigenvalue weighted by atomic mass is 127. The quantitative estimate of drug-likeness (QED) is 0.185. The van der Waals surface area contributed by atoms with Crippen molar-refractivity contribution in [2.45, 2.75) is 13.0 Å². The Morgan fingerprint density at radius 2 is 2.07 bits per heavy atom. The monoisotopic (exact) mass is 492 g/mol. The number of nitrogens with two attached hydrogens (primary N) is 1. The van der Waals surface area contributed by atoms with Crippen molar-refractivity contribution in [2.75, 3.05) is 53.6 Å². The molecule has 0 aromatic heterocycles. The zero-order valence-corrected chi connectivity index (χ0v) is 18.2. The predicted octanol–water partition coefficient (Wildman–Crippen LogP) is 1.23. The third-order valence-electron chi connectivity index (χ3n) is 4.16. The Morgan fingerprint density at radius 3 is 2.74 bits per heavy atom. The molecule has 2 rings (SSSR count). The smallest absolute Gasteiger partial charge is 0.341 e. The van der Waals surface area contributed by atoms with E-state index >= 15 is 0 Å². The number of halogens is 1. The van der Waals surface area contributed by atoms with Crippen LogP contribution in [0, 0.1) is 0 Å². The maximum absolute atomic E-state index is 11.8. The Balaban J connectivity index is 0.00000364. The van der Waals surface area contributed by atoms with Crippen LogP contribution in [0.2, 0.25) is 0 Å². The first-order valence-electron chi connectivity index (χ1n) is 8.73. The number of morpholine rings is 1. The molecule has 0 amide bonds. The van der Waals surface area contributed by atoms with E-state index in [4.69, 9.17) is 19.9 Å².